The van der Waals surface area contributed by atoms with Crippen LogP contribution in [0.1, 0.15) is 70.3 Å². The second kappa shape index (κ2) is 12.0. The summed E-state index contributed by atoms with van der Waals surface area (Å²) in [6, 6.07) is 7.93. The summed E-state index contributed by atoms with van der Waals surface area (Å²) in [7, 11) is -3.16. The van der Waals surface area contributed by atoms with Crippen molar-refractivity contribution in [3.8, 4) is 0 Å². The van der Waals surface area contributed by atoms with Crippen LogP contribution in [0.25, 0.3) is 0 Å². The van der Waals surface area contributed by atoms with Crippen molar-refractivity contribution in [1.82, 2.24) is 9.21 Å². The number of para-hydroxylation sites is 1. The lowest BCUT2D eigenvalue weighted by Gasteiger charge is -2.32. The molecular formula is C25H39N3O4S. The molecule has 8 heteroatoms. The summed E-state index contributed by atoms with van der Waals surface area (Å²) in [5.41, 5.74) is 1.91. The van der Waals surface area contributed by atoms with Gasteiger partial charge in [-0.15, -0.1) is 0 Å². The molecule has 1 fully saturated rings. The van der Waals surface area contributed by atoms with Gasteiger partial charge in [0.05, 0.1) is 6.26 Å². The van der Waals surface area contributed by atoms with Crippen LogP contribution in [0.3, 0.4) is 0 Å². The van der Waals surface area contributed by atoms with E-state index >= 15 is 0 Å². The highest BCUT2D eigenvalue weighted by atomic mass is 32.2. The van der Waals surface area contributed by atoms with Crippen LogP contribution < -0.4 is 4.90 Å². The van der Waals surface area contributed by atoms with Gasteiger partial charge in [-0.1, -0.05) is 43.9 Å². The minimum absolute atomic E-state index is 0.0350. The standard InChI is InChI=1S/C25H39N3O4S/c1-21(29)28-16-10-6-4-3-5-9-15-26(20-23-11-7-8-12-24(23)28)25(30)19-22-13-17-27(18-14-22)33(2,31)32/h7-8,11-12,22H,3-6,9-10,13-20H2,1-2H3. The predicted octanol–water partition coefficient (Wildman–Crippen LogP) is 3.78. The summed E-state index contributed by atoms with van der Waals surface area (Å²) < 4.78 is 25.1. The van der Waals surface area contributed by atoms with Crippen molar-refractivity contribution < 1.29 is 18.0 Å². The number of hydrogen-bond donors (Lipinski definition) is 0. The molecule has 0 saturated carbocycles. The molecule has 0 N–H and O–H groups in total. The normalized spacial score (nSPS) is 20.3. The summed E-state index contributed by atoms with van der Waals surface area (Å²) in [5, 5.41) is 0. The molecule has 0 spiro atoms. The van der Waals surface area contributed by atoms with E-state index in [1.165, 1.54) is 10.6 Å². The van der Waals surface area contributed by atoms with E-state index in [9.17, 15) is 18.0 Å². The first-order valence-electron chi connectivity index (χ1n) is 12.3. The van der Waals surface area contributed by atoms with Crippen LogP contribution in [0.5, 0.6) is 0 Å². The molecule has 0 aliphatic carbocycles. The monoisotopic (exact) mass is 477 g/mol. The van der Waals surface area contributed by atoms with Crippen molar-refractivity contribution in [3.63, 3.8) is 0 Å². The summed E-state index contributed by atoms with van der Waals surface area (Å²) in [5.74, 6) is 0.378. The van der Waals surface area contributed by atoms with Crippen LogP contribution in [0.4, 0.5) is 5.69 Å². The molecule has 0 unspecified atom stereocenters. The van der Waals surface area contributed by atoms with Crippen molar-refractivity contribution in [3.05, 3.63) is 29.8 Å². The summed E-state index contributed by atoms with van der Waals surface area (Å²) in [6.45, 7) is 4.52. The number of carbonyl (C=O) groups excluding carboxylic acids is 2. The quantitative estimate of drug-likeness (QED) is 0.664. The van der Waals surface area contributed by atoms with Gasteiger partial charge in [0, 0.05) is 51.8 Å². The maximum Gasteiger partial charge on any atom is 0.223 e. The first kappa shape index (κ1) is 25.7. The highest BCUT2D eigenvalue weighted by molar-refractivity contribution is 7.88. The molecule has 0 atom stereocenters. The Bertz CT molecular complexity index is 910. The number of benzene rings is 1. The van der Waals surface area contributed by atoms with Gasteiger partial charge in [0.1, 0.15) is 0 Å². The van der Waals surface area contributed by atoms with Crippen LogP contribution >= 0.6 is 0 Å². The van der Waals surface area contributed by atoms with Crippen LogP contribution in [-0.4, -0.2) is 61.9 Å². The van der Waals surface area contributed by atoms with Crippen LogP contribution in [0.2, 0.25) is 0 Å². The molecule has 33 heavy (non-hydrogen) atoms. The third-order valence-electron chi connectivity index (χ3n) is 6.94. The van der Waals surface area contributed by atoms with E-state index in [-0.39, 0.29) is 17.7 Å². The average molecular weight is 478 g/mol. The third kappa shape index (κ3) is 7.54. The van der Waals surface area contributed by atoms with E-state index in [1.54, 1.807) is 6.92 Å². The maximum atomic E-state index is 13.4. The SMILES string of the molecule is CC(=O)N1CCCCCCCCN(C(=O)CC2CCN(S(C)(=O)=O)CC2)Cc2ccccc21. The molecule has 2 aliphatic heterocycles. The van der Waals surface area contributed by atoms with E-state index in [1.807, 2.05) is 34.1 Å². The number of piperidine rings is 1. The molecule has 2 aliphatic rings. The summed E-state index contributed by atoms with van der Waals surface area (Å²) in [4.78, 5) is 29.6. The van der Waals surface area contributed by atoms with Crippen LogP contribution in [-0.2, 0) is 26.2 Å². The smallest absolute Gasteiger partial charge is 0.223 e. The fourth-order valence-corrected chi connectivity index (χ4v) is 5.83. The maximum absolute atomic E-state index is 13.4. The Hall–Kier alpha value is -1.93. The van der Waals surface area contributed by atoms with Gasteiger partial charge in [-0.2, -0.15) is 0 Å². The van der Waals surface area contributed by atoms with Crippen molar-refractivity contribution in [2.24, 2.45) is 5.92 Å². The van der Waals surface area contributed by atoms with Gasteiger partial charge in [-0.05, 0) is 43.2 Å². The van der Waals surface area contributed by atoms with Gasteiger partial charge in [0.15, 0.2) is 0 Å². The fourth-order valence-electron chi connectivity index (χ4n) is 4.95. The second-order valence-electron chi connectivity index (χ2n) is 9.55. The van der Waals surface area contributed by atoms with Gasteiger partial charge < -0.3 is 9.80 Å². The van der Waals surface area contributed by atoms with Gasteiger partial charge in [0.2, 0.25) is 21.8 Å². The topological polar surface area (TPSA) is 78.0 Å². The lowest BCUT2D eigenvalue weighted by atomic mass is 9.94. The molecule has 0 bridgehead atoms. The highest BCUT2D eigenvalue weighted by Gasteiger charge is 2.28. The Balaban J connectivity index is 1.74. The van der Waals surface area contributed by atoms with Gasteiger partial charge >= 0.3 is 0 Å². The van der Waals surface area contributed by atoms with E-state index in [4.69, 9.17) is 0 Å². The Morgan fingerprint density at radius 2 is 1.52 bits per heavy atom. The molecule has 2 heterocycles. The van der Waals surface area contributed by atoms with Crippen LogP contribution in [0, 0.1) is 5.92 Å². The first-order valence-corrected chi connectivity index (χ1v) is 14.2. The fraction of sp³-hybridized carbons (Fsp3) is 0.680. The molecule has 3 rings (SSSR count). The number of anilines is 1. The average Bonchev–Trinajstić information content (AvgIpc) is 2.78. The van der Waals surface area contributed by atoms with Crippen molar-refractivity contribution >= 4 is 27.5 Å². The Morgan fingerprint density at radius 1 is 0.909 bits per heavy atom. The number of rotatable bonds is 3. The zero-order chi connectivity index (χ0) is 23.8. The highest BCUT2D eigenvalue weighted by Crippen LogP contribution is 2.27. The van der Waals surface area contributed by atoms with Gasteiger partial charge in [-0.3, -0.25) is 9.59 Å². The number of fused-ring (bicyclic) bond motifs is 1. The number of carbonyl (C=O) groups is 2. The van der Waals surface area contributed by atoms with E-state index in [0.717, 1.165) is 69.2 Å². The second-order valence-corrected chi connectivity index (χ2v) is 11.5. The van der Waals surface area contributed by atoms with Crippen LogP contribution in [0.15, 0.2) is 24.3 Å². The van der Waals surface area contributed by atoms with Crippen molar-refractivity contribution in [2.45, 2.75) is 71.3 Å². The van der Waals surface area contributed by atoms with Crippen molar-refractivity contribution in [1.29, 1.82) is 0 Å². The zero-order valence-electron chi connectivity index (χ0n) is 20.2. The predicted molar refractivity (Wildman–Crippen MR) is 131 cm³/mol. The molecule has 1 aromatic rings. The molecule has 1 saturated heterocycles. The Labute approximate surface area is 199 Å². The number of nitrogens with zero attached hydrogens (tertiary/aromatic N) is 3. The number of hydrogen-bond acceptors (Lipinski definition) is 4. The largest absolute Gasteiger partial charge is 0.338 e. The minimum atomic E-state index is -3.16. The lowest BCUT2D eigenvalue weighted by molar-refractivity contribution is -0.133. The lowest BCUT2D eigenvalue weighted by Crippen LogP contribution is -2.40. The van der Waals surface area contributed by atoms with Gasteiger partial charge in [0.25, 0.3) is 0 Å². The molecule has 1 aromatic carbocycles. The Morgan fingerprint density at radius 3 is 2.15 bits per heavy atom. The summed E-state index contributed by atoms with van der Waals surface area (Å²) in [6.07, 6.45) is 9.65. The molecule has 0 radical (unpaired) electrons. The summed E-state index contributed by atoms with van der Waals surface area (Å²) >= 11 is 0. The molecule has 0 aromatic heterocycles. The van der Waals surface area contributed by atoms with E-state index in [0.29, 0.717) is 32.6 Å². The van der Waals surface area contributed by atoms with Gasteiger partial charge in [-0.25, -0.2) is 12.7 Å². The Kier molecular flexibility index (Phi) is 9.32. The third-order valence-corrected chi connectivity index (χ3v) is 8.25. The van der Waals surface area contributed by atoms with E-state index < -0.39 is 10.0 Å². The van der Waals surface area contributed by atoms with E-state index in [2.05, 4.69) is 0 Å². The zero-order valence-corrected chi connectivity index (χ0v) is 21.0. The molecule has 184 valence electrons. The minimum Gasteiger partial charge on any atom is -0.338 e. The first-order chi connectivity index (χ1) is 15.8. The number of sulfonamides is 1. The molecule has 2 amide bonds. The number of amides is 2. The molecule has 7 nitrogen and oxygen atoms in total. The molecular weight excluding hydrogens is 438 g/mol. The van der Waals surface area contributed by atoms with Crippen molar-refractivity contribution in [2.75, 3.05) is 37.3 Å².